The number of alkyl carbamates (subject to hydrolysis) is 1. The predicted octanol–water partition coefficient (Wildman–Crippen LogP) is 7.49. The SMILES string of the molecule is CC[C@H]1CC[C@@H](c2nc3c(ccc4cc5c(cc43)OCc3cc(-c4cnc([C@@H]6CC[C@H](C)N6C(=O)[C@@H](NC(=O)OC)C(C)C)[nH]4)ccc3-5)[nH]2)N1C(=O)[C@@H](NOC)[C@@H]1CCCOC1. The molecule has 0 aliphatic carbocycles. The average molecular weight is 847 g/mol. The molecule has 5 aromatic rings. The van der Waals surface area contributed by atoms with Crippen LogP contribution >= 0.6 is 0 Å². The van der Waals surface area contributed by atoms with Gasteiger partial charge >= 0.3 is 6.09 Å². The largest absolute Gasteiger partial charge is 0.488 e. The molecule has 0 radical (unpaired) electrons. The van der Waals surface area contributed by atoms with Crippen molar-refractivity contribution in [1.82, 2.24) is 40.5 Å². The van der Waals surface area contributed by atoms with Crippen molar-refractivity contribution in [1.29, 1.82) is 0 Å². The zero-order valence-corrected chi connectivity index (χ0v) is 36.5. The summed E-state index contributed by atoms with van der Waals surface area (Å²) < 4.78 is 17.1. The Labute approximate surface area is 361 Å². The van der Waals surface area contributed by atoms with Gasteiger partial charge in [0.25, 0.3) is 0 Å². The summed E-state index contributed by atoms with van der Waals surface area (Å²) in [5.74, 6) is 2.12. The van der Waals surface area contributed by atoms with E-state index in [-0.39, 0.29) is 47.8 Å². The summed E-state index contributed by atoms with van der Waals surface area (Å²) in [5.41, 5.74) is 9.81. The highest BCUT2D eigenvalue weighted by Crippen LogP contribution is 2.44. The van der Waals surface area contributed by atoms with Crippen molar-refractivity contribution in [3.05, 3.63) is 65.9 Å². The van der Waals surface area contributed by atoms with E-state index in [4.69, 9.17) is 29.0 Å². The third-order valence-corrected chi connectivity index (χ3v) is 13.6. The van der Waals surface area contributed by atoms with E-state index in [9.17, 15) is 14.4 Å². The number of carbonyl (C=O) groups excluding carboxylic acids is 3. The number of methoxy groups -OCH3 is 1. The van der Waals surface area contributed by atoms with E-state index in [0.29, 0.717) is 13.2 Å². The molecular formula is C47H58N8O7. The highest BCUT2D eigenvalue weighted by atomic mass is 16.6. The first kappa shape index (κ1) is 41.8. The number of nitrogens with zero attached hydrogens (tertiary/aromatic N) is 4. The highest BCUT2D eigenvalue weighted by Gasteiger charge is 2.44. The molecule has 2 aromatic heterocycles. The van der Waals surface area contributed by atoms with Crippen LogP contribution in [0.25, 0.3) is 44.2 Å². The molecule has 0 saturated carbocycles. The second-order valence-electron chi connectivity index (χ2n) is 17.7. The number of H-pyrrole nitrogens is 2. The van der Waals surface area contributed by atoms with Gasteiger partial charge in [0.15, 0.2) is 0 Å². The summed E-state index contributed by atoms with van der Waals surface area (Å²) in [4.78, 5) is 66.8. The second-order valence-corrected chi connectivity index (χ2v) is 17.7. The normalized spacial score (nSPS) is 23.3. The fourth-order valence-corrected chi connectivity index (χ4v) is 10.3. The van der Waals surface area contributed by atoms with Crippen molar-refractivity contribution in [3.63, 3.8) is 0 Å². The first-order valence-electron chi connectivity index (χ1n) is 22.2. The smallest absolute Gasteiger partial charge is 0.407 e. The van der Waals surface area contributed by atoms with Crippen LogP contribution in [-0.2, 0) is 30.5 Å². The molecule has 9 rings (SSSR count). The summed E-state index contributed by atoms with van der Waals surface area (Å²) in [7, 11) is 2.87. The summed E-state index contributed by atoms with van der Waals surface area (Å²) >= 11 is 0. The lowest BCUT2D eigenvalue weighted by atomic mass is 9.92. The quantitative estimate of drug-likeness (QED) is 0.0976. The van der Waals surface area contributed by atoms with Crippen molar-refractivity contribution < 1.29 is 33.4 Å². The molecule has 15 nitrogen and oxygen atoms in total. The minimum absolute atomic E-state index is 0.00841. The van der Waals surface area contributed by atoms with Crippen LogP contribution in [-0.4, -0.2) is 99.2 Å². The molecule has 3 saturated heterocycles. The number of amides is 3. The van der Waals surface area contributed by atoms with Gasteiger partial charge in [0.05, 0.1) is 55.8 Å². The number of hydroxylamine groups is 1. The fraction of sp³-hybridized carbons (Fsp3) is 0.511. The molecule has 0 spiro atoms. The van der Waals surface area contributed by atoms with Crippen LogP contribution in [0.5, 0.6) is 5.75 Å². The average Bonchev–Trinajstić information content (AvgIpc) is 4.12. The number of carbonyl (C=O) groups is 3. The van der Waals surface area contributed by atoms with E-state index in [1.807, 2.05) is 36.8 Å². The maximum absolute atomic E-state index is 14.4. The lowest BCUT2D eigenvalue weighted by Crippen LogP contribution is -2.53. The zero-order chi connectivity index (χ0) is 43.2. The number of rotatable bonds is 11. The number of hydrogen-bond donors (Lipinski definition) is 4. The van der Waals surface area contributed by atoms with Gasteiger partial charge in [-0.1, -0.05) is 39.0 Å². The molecule has 4 N–H and O–H groups in total. The molecule has 0 unspecified atom stereocenters. The number of ether oxygens (including phenoxy) is 3. The monoisotopic (exact) mass is 846 g/mol. The van der Waals surface area contributed by atoms with Gasteiger partial charge < -0.3 is 44.1 Å². The van der Waals surface area contributed by atoms with E-state index in [1.54, 1.807) is 7.11 Å². The lowest BCUT2D eigenvalue weighted by Gasteiger charge is -2.36. The van der Waals surface area contributed by atoms with Crippen molar-refractivity contribution in [2.75, 3.05) is 27.4 Å². The third kappa shape index (κ3) is 7.57. The van der Waals surface area contributed by atoms with E-state index in [0.717, 1.165) is 119 Å². The van der Waals surface area contributed by atoms with Gasteiger partial charge in [-0.2, -0.15) is 5.48 Å². The molecule has 3 fully saturated rings. The fourth-order valence-electron chi connectivity index (χ4n) is 10.3. The van der Waals surface area contributed by atoms with E-state index < -0.39 is 18.2 Å². The third-order valence-electron chi connectivity index (χ3n) is 13.6. The molecule has 6 heterocycles. The van der Waals surface area contributed by atoms with Crippen LogP contribution in [0.1, 0.15) is 102 Å². The van der Waals surface area contributed by atoms with Crippen LogP contribution < -0.4 is 15.5 Å². The number of benzene rings is 3. The Kier molecular flexibility index (Phi) is 11.7. The first-order valence-corrected chi connectivity index (χ1v) is 22.2. The van der Waals surface area contributed by atoms with Gasteiger partial charge in [0.2, 0.25) is 11.8 Å². The van der Waals surface area contributed by atoms with Crippen molar-refractivity contribution in [2.24, 2.45) is 11.8 Å². The standard InChI is InChI=1S/C47H58N8O7/c1-7-31-13-17-38(55(31)46(57)41(53-60-6)29-9-8-18-61-23-29)44-49-35-15-12-27-20-34-32-14-11-28(19-30(32)24-62-39(34)21-33(27)42(35)51-44)36-22-48-43(50-36)37-16-10-26(4)54(37)45(56)40(25(2)3)52-47(58)59-5/h11-12,14-15,19-22,25-26,29,31,37-38,40-41,53H,7-10,13,16-18,23-24H2,1-6H3,(H,48,50)(H,49,51)(H,52,58)/t26-,29+,31-,37-,38-,40-,41-/m0/s1. The Balaban J connectivity index is 0.969. The Morgan fingerprint density at radius 2 is 1.76 bits per heavy atom. The summed E-state index contributed by atoms with van der Waals surface area (Å²) in [6.45, 7) is 9.67. The lowest BCUT2D eigenvalue weighted by molar-refractivity contribution is -0.145. The Hall–Kier alpha value is -5.51. The number of fused-ring (bicyclic) bond motifs is 6. The van der Waals surface area contributed by atoms with Gasteiger partial charge in [-0.25, -0.2) is 14.8 Å². The predicted molar refractivity (Wildman–Crippen MR) is 234 cm³/mol. The summed E-state index contributed by atoms with van der Waals surface area (Å²) in [6.07, 6.45) is 7.22. The highest BCUT2D eigenvalue weighted by molar-refractivity contribution is 6.07. The van der Waals surface area contributed by atoms with Crippen molar-refractivity contribution >= 4 is 39.7 Å². The van der Waals surface area contributed by atoms with Crippen LogP contribution in [0.4, 0.5) is 4.79 Å². The van der Waals surface area contributed by atoms with Crippen LogP contribution in [0.15, 0.2) is 48.7 Å². The van der Waals surface area contributed by atoms with Crippen LogP contribution in [0.2, 0.25) is 0 Å². The number of nitrogens with one attached hydrogen (secondary N) is 4. The van der Waals surface area contributed by atoms with E-state index >= 15 is 0 Å². The first-order chi connectivity index (χ1) is 30.1. The van der Waals surface area contributed by atoms with Crippen molar-refractivity contribution in [2.45, 2.75) is 115 Å². The van der Waals surface area contributed by atoms with Gasteiger partial charge in [-0.15, -0.1) is 0 Å². The maximum atomic E-state index is 14.4. The molecule has 7 atom stereocenters. The number of hydrogen-bond acceptors (Lipinski definition) is 10. The molecular weight excluding hydrogens is 789 g/mol. The van der Waals surface area contributed by atoms with Gasteiger partial charge in [0.1, 0.15) is 36.1 Å². The van der Waals surface area contributed by atoms with Crippen LogP contribution in [0.3, 0.4) is 0 Å². The maximum Gasteiger partial charge on any atom is 0.407 e. The molecule has 328 valence electrons. The number of aromatic amines is 2. The Morgan fingerprint density at radius 3 is 2.52 bits per heavy atom. The Bertz CT molecular complexity index is 2470. The van der Waals surface area contributed by atoms with Gasteiger partial charge in [-0.3, -0.25) is 9.59 Å². The second kappa shape index (κ2) is 17.3. The molecule has 4 aliphatic heterocycles. The number of imidazole rings is 2. The Morgan fingerprint density at radius 1 is 0.935 bits per heavy atom. The van der Waals surface area contributed by atoms with E-state index in [1.165, 1.54) is 7.11 Å². The molecule has 3 aromatic carbocycles. The minimum atomic E-state index is -0.711. The van der Waals surface area contributed by atoms with E-state index in [2.05, 4.69) is 70.2 Å². The van der Waals surface area contributed by atoms with Gasteiger partial charge in [0, 0.05) is 35.6 Å². The topological polar surface area (TPSA) is 176 Å². The molecule has 62 heavy (non-hydrogen) atoms. The molecule has 0 bridgehead atoms. The minimum Gasteiger partial charge on any atom is -0.488 e. The number of aromatic nitrogens is 4. The van der Waals surface area contributed by atoms with Gasteiger partial charge in [-0.05, 0) is 104 Å². The van der Waals surface area contributed by atoms with Crippen LogP contribution in [0, 0.1) is 11.8 Å². The molecule has 15 heteroatoms. The number of likely N-dealkylation sites (tertiary alicyclic amines) is 2. The molecule has 3 amide bonds. The molecule has 4 aliphatic rings. The summed E-state index contributed by atoms with van der Waals surface area (Å²) in [6, 6.07) is 13.3. The summed E-state index contributed by atoms with van der Waals surface area (Å²) in [5, 5.41) is 4.77. The zero-order valence-electron chi connectivity index (χ0n) is 36.5. The van der Waals surface area contributed by atoms with Crippen molar-refractivity contribution in [3.8, 4) is 28.1 Å².